The second-order valence-electron chi connectivity index (χ2n) is 10.3. The number of amides is 1. The van der Waals surface area contributed by atoms with Crippen molar-refractivity contribution < 1.29 is 23.9 Å². The number of nitrogens with zero attached hydrogens (tertiary/aromatic N) is 2. The van der Waals surface area contributed by atoms with Crippen LogP contribution in [0.5, 0.6) is 0 Å². The monoisotopic (exact) mass is 575 g/mol. The highest BCUT2D eigenvalue weighted by molar-refractivity contribution is 6.23. The number of morpholine rings is 1. The lowest BCUT2D eigenvalue weighted by Crippen LogP contribution is -2.44. The predicted octanol–water partition coefficient (Wildman–Crippen LogP) is 5.06. The average Bonchev–Trinajstić information content (AvgIpc) is 3.61. The number of benzene rings is 3. The number of hydrogen-bond acceptors (Lipinski definition) is 7. The van der Waals surface area contributed by atoms with Crippen LogP contribution in [-0.2, 0) is 14.3 Å². The summed E-state index contributed by atoms with van der Waals surface area (Å²) in [5.41, 5.74) is 3.63. The molecule has 216 valence electrons. The molecule has 3 N–H and O–H groups in total. The summed E-state index contributed by atoms with van der Waals surface area (Å²) in [6.07, 6.45) is -0.417. The number of aromatic nitrogens is 2. The van der Waals surface area contributed by atoms with Crippen LogP contribution in [0.2, 0.25) is 0 Å². The normalized spacial score (nSPS) is 15.1. The number of esters is 1. The topological polar surface area (TPSA) is 140 Å². The van der Waals surface area contributed by atoms with Crippen molar-refractivity contribution in [2.24, 2.45) is 5.92 Å². The largest absolute Gasteiger partial charge is 0.443 e. The Kier molecular flexibility index (Phi) is 7.75. The highest BCUT2D eigenvalue weighted by atomic mass is 16.6. The minimum atomic E-state index is -1.59. The van der Waals surface area contributed by atoms with Crippen LogP contribution in [0.25, 0.3) is 33.2 Å². The van der Waals surface area contributed by atoms with Crippen LogP contribution >= 0.6 is 0 Å². The number of aromatic amines is 2. The summed E-state index contributed by atoms with van der Waals surface area (Å²) in [5, 5.41) is 20.0. The standard InChI is InChI=1S/C33H29N5O5/c1-20(38-14-16-42-17-15-38)43-33(41)22-12-13-24-25(18-22)29-28(27(24)21-8-4-2-5-9-21)30(37-36-29)31(39)26(19-34)32(40)35-23-10-6-3-7-11-23/h2-13,18,20,26,36-37H,14-17H2,1H3,(H,35,40). The lowest BCUT2D eigenvalue weighted by Gasteiger charge is -2.31. The Morgan fingerprint density at radius 2 is 1.63 bits per heavy atom. The fourth-order valence-corrected chi connectivity index (χ4v) is 5.50. The molecule has 43 heavy (non-hydrogen) atoms. The Hall–Kier alpha value is -5.24. The summed E-state index contributed by atoms with van der Waals surface area (Å²) in [5.74, 6) is -3.46. The van der Waals surface area contributed by atoms with E-state index in [2.05, 4.69) is 15.5 Å². The first-order valence-corrected chi connectivity index (χ1v) is 14.0. The molecule has 3 aromatic rings. The van der Waals surface area contributed by atoms with Gasteiger partial charge in [-0.3, -0.25) is 24.7 Å². The smallest absolute Gasteiger partial charge is 0.339 e. The zero-order valence-corrected chi connectivity index (χ0v) is 23.4. The maximum Gasteiger partial charge on any atom is 0.339 e. The minimum absolute atomic E-state index is 0.102. The molecular formula is C33H29N5O5. The quantitative estimate of drug-likeness (QED) is 0.133. The van der Waals surface area contributed by atoms with Gasteiger partial charge < -0.3 is 14.8 Å². The van der Waals surface area contributed by atoms with Gasteiger partial charge in [0, 0.05) is 35.3 Å². The first kappa shape index (κ1) is 27.9. The van der Waals surface area contributed by atoms with Crippen LogP contribution in [-0.4, -0.2) is 65.3 Å². The number of H-pyrrole nitrogens is 2. The van der Waals surface area contributed by atoms with E-state index in [-0.39, 0.29) is 5.69 Å². The van der Waals surface area contributed by atoms with Gasteiger partial charge in [0.15, 0.2) is 12.1 Å². The number of Topliss-reactive ketones (excluding diaryl/α,β-unsaturated/α-hetero) is 1. The fraction of sp³-hybridized carbons (Fsp3) is 0.212. The van der Waals surface area contributed by atoms with Gasteiger partial charge in [0.1, 0.15) is 5.69 Å². The molecule has 2 unspecified atom stereocenters. The van der Waals surface area contributed by atoms with Crippen LogP contribution in [0, 0.1) is 17.2 Å². The van der Waals surface area contributed by atoms with Crippen molar-refractivity contribution in [3.63, 3.8) is 0 Å². The number of para-hydroxylation sites is 1. The Balaban J connectivity index is 1.37. The molecule has 3 aliphatic rings. The fourth-order valence-electron chi connectivity index (χ4n) is 5.50. The number of rotatable bonds is 8. The van der Waals surface area contributed by atoms with Gasteiger partial charge in [0.2, 0.25) is 11.7 Å². The summed E-state index contributed by atoms with van der Waals surface area (Å²) >= 11 is 0. The highest BCUT2D eigenvalue weighted by Gasteiger charge is 2.35. The van der Waals surface area contributed by atoms with E-state index in [9.17, 15) is 19.6 Å². The molecule has 0 bridgehead atoms. The summed E-state index contributed by atoms with van der Waals surface area (Å²) < 4.78 is 11.2. The summed E-state index contributed by atoms with van der Waals surface area (Å²) in [7, 11) is 0. The van der Waals surface area contributed by atoms with Crippen molar-refractivity contribution >= 4 is 34.1 Å². The average molecular weight is 576 g/mol. The molecular weight excluding hydrogens is 546 g/mol. The SMILES string of the molecule is CC(OC(=O)c1ccc2c(-c3ccccc3)c3c(C(=O)C(C#N)C(=O)Nc4ccccc4)[nH][nH]c-3c2c1)N1CCOCC1. The Morgan fingerprint density at radius 3 is 2.33 bits per heavy atom. The lowest BCUT2D eigenvalue weighted by atomic mass is 9.95. The first-order valence-electron chi connectivity index (χ1n) is 14.0. The molecule has 0 saturated carbocycles. The second kappa shape index (κ2) is 11.9. The van der Waals surface area contributed by atoms with Crippen molar-refractivity contribution in [2.45, 2.75) is 13.2 Å². The Bertz CT molecular complexity index is 1800. The Labute approximate surface area is 247 Å². The van der Waals surface area contributed by atoms with Crippen molar-refractivity contribution in [1.29, 1.82) is 5.26 Å². The Morgan fingerprint density at radius 1 is 0.930 bits per heavy atom. The van der Waals surface area contributed by atoms with Gasteiger partial charge in [0.05, 0.1) is 30.5 Å². The molecule has 0 aromatic heterocycles. The lowest BCUT2D eigenvalue weighted by molar-refractivity contribution is -0.117. The van der Waals surface area contributed by atoms with Crippen molar-refractivity contribution in [2.75, 3.05) is 31.6 Å². The summed E-state index contributed by atoms with van der Waals surface area (Å²) in [6, 6.07) is 25.3. The second-order valence-corrected chi connectivity index (χ2v) is 10.3. The maximum atomic E-state index is 13.8. The molecule has 1 aliphatic carbocycles. The molecule has 10 nitrogen and oxygen atoms in total. The van der Waals surface area contributed by atoms with E-state index >= 15 is 0 Å². The number of nitriles is 1. The number of fused-ring (bicyclic) bond motifs is 3. The van der Waals surface area contributed by atoms with E-state index in [1.54, 1.807) is 42.5 Å². The van der Waals surface area contributed by atoms with Gasteiger partial charge >= 0.3 is 5.97 Å². The summed E-state index contributed by atoms with van der Waals surface area (Å²) in [6.45, 7) is 4.38. The minimum Gasteiger partial charge on any atom is -0.443 e. The number of carbonyl (C=O) groups excluding carboxylic acids is 3. The van der Waals surface area contributed by atoms with Crippen molar-refractivity contribution in [1.82, 2.24) is 15.1 Å². The van der Waals surface area contributed by atoms with Gasteiger partial charge in [-0.1, -0.05) is 54.6 Å². The molecule has 3 aromatic carbocycles. The van der Waals surface area contributed by atoms with Gasteiger partial charge in [-0.2, -0.15) is 5.26 Å². The molecule has 1 fully saturated rings. The molecule has 1 amide bonds. The van der Waals surface area contributed by atoms with Crippen LogP contribution in [0.1, 0.15) is 27.8 Å². The van der Waals surface area contributed by atoms with E-state index in [0.29, 0.717) is 54.2 Å². The zero-order chi connectivity index (χ0) is 29.9. The molecule has 0 spiro atoms. The molecule has 6 rings (SSSR count). The molecule has 1 saturated heterocycles. The number of hydrogen-bond donors (Lipinski definition) is 3. The molecule has 2 heterocycles. The predicted molar refractivity (Wildman–Crippen MR) is 160 cm³/mol. The third-order valence-corrected chi connectivity index (χ3v) is 7.70. The number of carbonyl (C=O) groups is 3. The van der Waals surface area contributed by atoms with E-state index in [1.165, 1.54) is 0 Å². The van der Waals surface area contributed by atoms with Crippen LogP contribution in [0.4, 0.5) is 5.69 Å². The van der Waals surface area contributed by atoms with Gasteiger partial charge in [-0.25, -0.2) is 4.79 Å². The molecule has 0 radical (unpaired) electrons. The van der Waals surface area contributed by atoms with Crippen LogP contribution < -0.4 is 5.32 Å². The number of anilines is 1. The van der Waals surface area contributed by atoms with Crippen LogP contribution in [0.3, 0.4) is 0 Å². The maximum absolute atomic E-state index is 13.8. The molecule has 2 atom stereocenters. The van der Waals surface area contributed by atoms with E-state index in [1.807, 2.05) is 54.3 Å². The number of ether oxygens (including phenoxy) is 2. The van der Waals surface area contributed by atoms with Gasteiger partial charge in [-0.05, 0) is 42.1 Å². The van der Waals surface area contributed by atoms with Gasteiger partial charge in [-0.15, -0.1) is 0 Å². The van der Waals surface area contributed by atoms with E-state index in [4.69, 9.17) is 9.47 Å². The van der Waals surface area contributed by atoms with E-state index in [0.717, 1.165) is 16.5 Å². The molecule has 2 aliphatic heterocycles. The third-order valence-electron chi connectivity index (χ3n) is 7.70. The van der Waals surface area contributed by atoms with Crippen molar-refractivity contribution in [3.05, 3.63) is 90.1 Å². The van der Waals surface area contributed by atoms with Crippen LogP contribution in [0.15, 0.2) is 78.9 Å². The number of ketones is 1. The van der Waals surface area contributed by atoms with Gasteiger partial charge in [0.25, 0.3) is 0 Å². The van der Waals surface area contributed by atoms with E-state index < -0.39 is 29.8 Å². The third kappa shape index (κ3) is 5.39. The zero-order valence-electron chi connectivity index (χ0n) is 23.4. The molecule has 10 heteroatoms. The highest BCUT2D eigenvalue weighted by Crippen LogP contribution is 2.46. The first-order chi connectivity index (χ1) is 21.0. The number of nitrogens with one attached hydrogen (secondary N) is 3. The van der Waals surface area contributed by atoms with Crippen molar-refractivity contribution in [3.8, 4) is 28.5 Å². The summed E-state index contributed by atoms with van der Waals surface area (Å²) in [4.78, 5) is 42.0.